The average molecular weight is 859 g/mol. The van der Waals surface area contributed by atoms with E-state index in [4.69, 9.17) is 30.4 Å². The lowest BCUT2D eigenvalue weighted by Crippen LogP contribution is -2.44. The molecule has 2 aliphatic carbocycles. The Kier molecular flexibility index (Phi) is 16.9. The van der Waals surface area contributed by atoms with Gasteiger partial charge < -0.3 is 62.3 Å². The maximum absolute atomic E-state index is 13.4. The first kappa shape index (κ1) is 46.7. The van der Waals surface area contributed by atoms with Gasteiger partial charge in [0.15, 0.2) is 0 Å². The lowest BCUT2D eigenvalue weighted by Gasteiger charge is -2.30. The average Bonchev–Trinajstić information content (AvgIpc) is 3.30. The molecule has 18 heteroatoms. The molecule has 6 amide bonds. The van der Waals surface area contributed by atoms with Crippen molar-refractivity contribution in [1.29, 1.82) is 0 Å². The van der Waals surface area contributed by atoms with Gasteiger partial charge >= 0.3 is 0 Å². The summed E-state index contributed by atoms with van der Waals surface area (Å²) in [6, 6.07) is 11.9. The van der Waals surface area contributed by atoms with E-state index < -0.39 is 23.6 Å². The van der Waals surface area contributed by atoms with Crippen molar-refractivity contribution in [2.75, 3.05) is 54.6 Å². The Balaban J connectivity index is 1.09. The topological polar surface area (TPSA) is 264 Å². The zero-order valence-corrected chi connectivity index (χ0v) is 35.7. The van der Waals surface area contributed by atoms with Gasteiger partial charge in [0.25, 0.3) is 35.4 Å². The number of hydrogen-bond donors (Lipinski definition) is 8. The van der Waals surface area contributed by atoms with Crippen LogP contribution >= 0.6 is 0 Å². The second kappa shape index (κ2) is 22.4. The number of ether oxygens (including phenoxy) is 4. The SMILES string of the molecule is COc1cc(OC)c(C(=O)N[C@H]2CC[C@H](NC(=O)c3cccc(C(=O)N[C@H]4CC[C@H](NC(=O)c5cc(C(=O)NCCN)c(OC)cc5OC)CC4)c3)CC2)cc1C(=O)NCCN. The highest BCUT2D eigenvalue weighted by molar-refractivity contribution is 6.04. The van der Waals surface area contributed by atoms with Gasteiger partial charge in [-0.15, -0.1) is 0 Å². The number of benzene rings is 3. The van der Waals surface area contributed by atoms with Gasteiger partial charge in [-0.3, -0.25) is 28.8 Å². The summed E-state index contributed by atoms with van der Waals surface area (Å²) in [6.07, 6.45) is 4.91. The fraction of sp³-hybridized carbons (Fsp3) is 0.455. The molecule has 0 radical (unpaired) electrons. The summed E-state index contributed by atoms with van der Waals surface area (Å²) in [5, 5.41) is 17.6. The molecule has 0 saturated heterocycles. The molecule has 0 unspecified atom stereocenters. The fourth-order valence-corrected chi connectivity index (χ4v) is 7.70. The maximum Gasteiger partial charge on any atom is 0.255 e. The van der Waals surface area contributed by atoms with E-state index in [0.29, 0.717) is 62.5 Å². The first-order chi connectivity index (χ1) is 29.9. The van der Waals surface area contributed by atoms with E-state index in [1.165, 1.54) is 52.7 Å². The molecule has 3 aromatic carbocycles. The molecule has 0 aromatic heterocycles. The van der Waals surface area contributed by atoms with Crippen LogP contribution in [0.15, 0.2) is 48.5 Å². The minimum absolute atomic E-state index is 0.133. The number of nitrogens with one attached hydrogen (secondary N) is 6. The number of hydrogen-bond acceptors (Lipinski definition) is 12. The van der Waals surface area contributed by atoms with Crippen molar-refractivity contribution in [3.63, 3.8) is 0 Å². The van der Waals surface area contributed by atoms with Gasteiger partial charge in [0, 0.05) is 73.6 Å². The molecule has 5 rings (SSSR count). The Morgan fingerprint density at radius 1 is 0.452 bits per heavy atom. The molecule has 18 nitrogen and oxygen atoms in total. The first-order valence-electron chi connectivity index (χ1n) is 20.7. The minimum Gasteiger partial charge on any atom is -0.496 e. The van der Waals surface area contributed by atoms with Crippen LogP contribution in [0.3, 0.4) is 0 Å². The zero-order valence-electron chi connectivity index (χ0n) is 35.7. The highest BCUT2D eigenvalue weighted by atomic mass is 16.5. The van der Waals surface area contributed by atoms with Crippen LogP contribution < -0.4 is 62.3 Å². The van der Waals surface area contributed by atoms with Crippen molar-refractivity contribution in [2.45, 2.75) is 75.5 Å². The van der Waals surface area contributed by atoms with Crippen LogP contribution in [-0.2, 0) is 0 Å². The molecule has 2 fully saturated rings. The van der Waals surface area contributed by atoms with Crippen LogP contribution in [0.1, 0.15) is 114 Å². The Morgan fingerprint density at radius 3 is 1.03 bits per heavy atom. The smallest absolute Gasteiger partial charge is 0.255 e. The van der Waals surface area contributed by atoms with Crippen LogP contribution in [0, 0.1) is 0 Å². The molecular formula is C44H58N8O10. The molecule has 62 heavy (non-hydrogen) atoms. The van der Waals surface area contributed by atoms with Gasteiger partial charge in [-0.25, -0.2) is 0 Å². The van der Waals surface area contributed by atoms with Crippen molar-refractivity contribution in [3.8, 4) is 23.0 Å². The van der Waals surface area contributed by atoms with E-state index in [-0.39, 0.29) is 107 Å². The molecule has 10 N–H and O–H groups in total. The molecule has 0 spiro atoms. The number of amides is 6. The Labute approximate surface area is 360 Å². The standard InChI is InChI=1S/C44H58N8O10/c1-59-35-23-37(61-3)33(21-31(35)41(55)47-18-16-45)43(57)51-29-12-8-27(9-13-29)49-39(53)25-6-5-7-26(20-25)40(54)50-28-10-14-30(15-11-28)52-44(58)34-22-32(42(56)48-19-17-46)36(60-2)24-38(34)62-4/h5-7,20-24,27-30H,8-19,45-46H2,1-4H3,(H,47,55)(H,48,56)(H,49,53)(H,50,54)(H,51,57)(H,52,58)/t27-,28-,29-,30-. The molecule has 0 atom stereocenters. The predicted octanol–water partition coefficient (Wildman–Crippen LogP) is 2.04. The normalized spacial score (nSPS) is 18.3. The molecule has 0 heterocycles. The second-order valence-corrected chi connectivity index (χ2v) is 15.2. The van der Waals surface area contributed by atoms with Gasteiger partial charge in [0.2, 0.25) is 0 Å². The number of methoxy groups -OCH3 is 4. The van der Waals surface area contributed by atoms with Crippen molar-refractivity contribution in [1.82, 2.24) is 31.9 Å². The van der Waals surface area contributed by atoms with E-state index in [0.717, 1.165) is 0 Å². The number of carbonyl (C=O) groups is 6. The highest BCUT2D eigenvalue weighted by Gasteiger charge is 2.29. The number of rotatable bonds is 18. The lowest BCUT2D eigenvalue weighted by molar-refractivity contribution is 0.0885. The van der Waals surface area contributed by atoms with E-state index in [9.17, 15) is 28.8 Å². The summed E-state index contributed by atoms with van der Waals surface area (Å²) in [5.41, 5.74) is 12.5. The van der Waals surface area contributed by atoms with Gasteiger partial charge in [0.1, 0.15) is 23.0 Å². The quantitative estimate of drug-likeness (QED) is 0.0914. The summed E-state index contributed by atoms with van der Waals surface area (Å²) < 4.78 is 21.6. The van der Waals surface area contributed by atoms with Crippen molar-refractivity contribution in [2.24, 2.45) is 11.5 Å². The molecule has 0 aliphatic heterocycles. The van der Waals surface area contributed by atoms with Gasteiger partial charge in [-0.2, -0.15) is 0 Å². The lowest BCUT2D eigenvalue weighted by atomic mass is 9.90. The molecular weight excluding hydrogens is 801 g/mol. The van der Waals surface area contributed by atoms with Crippen molar-refractivity contribution < 1.29 is 47.7 Å². The van der Waals surface area contributed by atoms with E-state index >= 15 is 0 Å². The molecule has 334 valence electrons. The summed E-state index contributed by atoms with van der Waals surface area (Å²) >= 11 is 0. The van der Waals surface area contributed by atoms with E-state index in [2.05, 4.69) is 31.9 Å². The van der Waals surface area contributed by atoms with Crippen molar-refractivity contribution in [3.05, 3.63) is 81.9 Å². The molecule has 3 aromatic rings. The summed E-state index contributed by atoms with van der Waals surface area (Å²) in [4.78, 5) is 79.0. The summed E-state index contributed by atoms with van der Waals surface area (Å²) in [5.74, 6) is -1.21. The van der Waals surface area contributed by atoms with Crippen LogP contribution in [0.5, 0.6) is 23.0 Å². The van der Waals surface area contributed by atoms with Crippen LogP contribution in [-0.4, -0.2) is 114 Å². The molecule has 2 aliphatic rings. The Hall–Kier alpha value is -6.40. The van der Waals surface area contributed by atoms with Crippen LogP contribution in [0.25, 0.3) is 0 Å². The third kappa shape index (κ3) is 11.9. The predicted molar refractivity (Wildman–Crippen MR) is 230 cm³/mol. The second-order valence-electron chi connectivity index (χ2n) is 15.2. The minimum atomic E-state index is -0.425. The van der Waals surface area contributed by atoms with Gasteiger partial charge in [0.05, 0.1) is 50.7 Å². The highest BCUT2D eigenvalue weighted by Crippen LogP contribution is 2.32. The Morgan fingerprint density at radius 2 is 0.742 bits per heavy atom. The Bertz CT molecular complexity index is 1950. The first-order valence-corrected chi connectivity index (χ1v) is 20.7. The maximum atomic E-state index is 13.4. The summed E-state index contributed by atoms with van der Waals surface area (Å²) in [6.45, 7) is 1.03. The van der Waals surface area contributed by atoms with E-state index in [1.807, 2.05) is 0 Å². The largest absolute Gasteiger partial charge is 0.496 e. The third-order valence-corrected chi connectivity index (χ3v) is 11.1. The molecule has 0 bridgehead atoms. The van der Waals surface area contributed by atoms with Crippen LogP contribution in [0.4, 0.5) is 0 Å². The number of carbonyl (C=O) groups excluding carboxylic acids is 6. The van der Waals surface area contributed by atoms with E-state index in [1.54, 1.807) is 24.3 Å². The fourth-order valence-electron chi connectivity index (χ4n) is 7.70. The van der Waals surface area contributed by atoms with Gasteiger partial charge in [-0.1, -0.05) is 6.07 Å². The summed E-state index contributed by atoms with van der Waals surface area (Å²) in [7, 11) is 5.72. The molecule has 2 saturated carbocycles. The van der Waals surface area contributed by atoms with Crippen LogP contribution in [0.2, 0.25) is 0 Å². The monoisotopic (exact) mass is 858 g/mol. The van der Waals surface area contributed by atoms with Crippen molar-refractivity contribution >= 4 is 35.4 Å². The zero-order chi connectivity index (χ0) is 44.8. The third-order valence-electron chi connectivity index (χ3n) is 11.1. The van der Waals surface area contributed by atoms with Gasteiger partial charge in [-0.05, 0) is 81.7 Å². The number of nitrogens with two attached hydrogens (primary N) is 2.